The quantitative estimate of drug-likeness (QED) is 0.897. The predicted molar refractivity (Wildman–Crippen MR) is 69.5 cm³/mol. The molecule has 9 heteroatoms. The fourth-order valence-corrected chi connectivity index (χ4v) is 2.70. The number of benzene rings is 1. The molecule has 1 aromatic heterocycles. The van der Waals surface area contributed by atoms with Crippen molar-refractivity contribution in [2.24, 2.45) is 0 Å². The minimum absolute atomic E-state index is 0.212. The molecule has 0 aliphatic rings. The Hall–Kier alpha value is -2.16. The second-order valence-electron chi connectivity index (χ2n) is 3.94. The van der Waals surface area contributed by atoms with E-state index in [1.807, 2.05) is 4.72 Å². The van der Waals surface area contributed by atoms with Crippen molar-refractivity contribution in [1.29, 1.82) is 0 Å². The molecule has 0 amide bonds. The molecule has 0 bridgehead atoms. The molecular formula is C11H12F2N4O2S. The molecule has 0 unspecified atom stereocenters. The summed E-state index contributed by atoms with van der Waals surface area (Å²) >= 11 is 0. The van der Waals surface area contributed by atoms with Crippen molar-refractivity contribution < 1.29 is 17.2 Å². The molecule has 0 saturated carbocycles. The van der Waals surface area contributed by atoms with Crippen molar-refractivity contribution in [3.05, 3.63) is 36.0 Å². The van der Waals surface area contributed by atoms with Crippen molar-refractivity contribution in [1.82, 2.24) is 9.78 Å². The van der Waals surface area contributed by atoms with Gasteiger partial charge in [-0.1, -0.05) is 6.07 Å². The summed E-state index contributed by atoms with van der Waals surface area (Å²) in [6, 6.07) is 3.18. The summed E-state index contributed by atoms with van der Waals surface area (Å²) < 4.78 is 53.9. The number of aryl methyl sites for hydroxylation is 1. The van der Waals surface area contributed by atoms with Crippen LogP contribution in [0.2, 0.25) is 0 Å². The Morgan fingerprint density at radius 2 is 2.10 bits per heavy atom. The molecule has 20 heavy (non-hydrogen) atoms. The van der Waals surface area contributed by atoms with Gasteiger partial charge < -0.3 is 5.73 Å². The van der Waals surface area contributed by atoms with Crippen LogP contribution >= 0.6 is 0 Å². The van der Waals surface area contributed by atoms with E-state index in [0.717, 1.165) is 12.1 Å². The van der Waals surface area contributed by atoms with E-state index in [2.05, 4.69) is 5.10 Å². The van der Waals surface area contributed by atoms with Crippen LogP contribution in [-0.4, -0.2) is 18.2 Å². The van der Waals surface area contributed by atoms with Gasteiger partial charge in [0.05, 0.1) is 5.69 Å². The van der Waals surface area contributed by atoms with E-state index in [9.17, 15) is 17.2 Å². The van der Waals surface area contributed by atoms with Crippen LogP contribution in [0.15, 0.2) is 29.3 Å². The highest BCUT2D eigenvalue weighted by atomic mass is 32.2. The second kappa shape index (κ2) is 5.08. The SMILES string of the molecule is CCn1cc(S(=O)(=O)Nc2cccc(F)c2F)c(N)n1. The maximum Gasteiger partial charge on any atom is 0.267 e. The summed E-state index contributed by atoms with van der Waals surface area (Å²) in [5.74, 6) is -2.64. The molecule has 1 heterocycles. The molecule has 3 N–H and O–H groups in total. The Kier molecular flexibility index (Phi) is 3.62. The number of nitrogens with two attached hydrogens (primary N) is 1. The standard InChI is InChI=1S/C11H12F2N4O2S/c1-2-17-6-9(11(14)15-17)20(18,19)16-8-5-3-4-7(12)10(8)13/h3-6,16H,2H2,1H3,(H2,14,15). The first kappa shape index (κ1) is 14.3. The first-order chi connectivity index (χ1) is 9.35. The zero-order chi connectivity index (χ0) is 14.9. The molecule has 0 fully saturated rings. The van der Waals surface area contributed by atoms with E-state index >= 15 is 0 Å². The van der Waals surface area contributed by atoms with Crippen LogP contribution in [0.1, 0.15) is 6.92 Å². The minimum Gasteiger partial charge on any atom is -0.381 e. The van der Waals surface area contributed by atoms with Crippen molar-refractivity contribution >= 4 is 21.5 Å². The monoisotopic (exact) mass is 302 g/mol. The van der Waals surface area contributed by atoms with E-state index in [1.54, 1.807) is 6.92 Å². The molecule has 2 aromatic rings. The number of halogens is 2. The summed E-state index contributed by atoms with van der Waals surface area (Å²) in [6.07, 6.45) is 1.22. The number of nitrogen functional groups attached to an aromatic ring is 1. The van der Waals surface area contributed by atoms with Gasteiger partial charge in [0.2, 0.25) is 0 Å². The predicted octanol–water partition coefficient (Wildman–Crippen LogP) is 1.56. The summed E-state index contributed by atoms with van der Waals surface area (Å²) in [5.41, 5.74) is 5.01. The van der Waals surface area contributed by atoms with Crippen LogP contribution in [0.5, 0.6) is 0 Å². The van der Waals surface area contributed by atoms with Gasteiger partial charge in [-0.05, 0) is 19.1 Å². The third-order valence-corrected chi connectivity index (χ3v) is 3.95. The Morgan fingerprint density at radius 1 is 1.40 bits per heavy atom. The molecule has 0 aliphatic carbocycles. The molecule has 0 radical (unpaired) electrons. The summed E-state index contributed by atoms with van der Waals surface area (Å²) in [5, 5.41) is 3.78. The van der Waals surface area contributed by atoms with Crippen molar-refractivity contribution in [2.45, 2.75) is 18.4 Å². The normalized spacial score (nSPS) is 11.6. The molecule has 6 nitrogen and oxygen atoms in total. The lowest BCUT2D eigenvalue weighted by Gasteiger charge is -2.08. The van der Waals surface area contributed by atoms with Crippen molar-refractivity contribution in [3.63, 3.8) is 0 Å². The second-order valence-corrected chi connectivity index (χ2v) is 5.59. The van der Waals surface area contributed by atoms with Crippen LogP contribution in [0.4, 0.5) is 20.3 Å². The summed E-state index contributed by atoms with van der Waals surface area (Å²) in [6.45, 7) is 2.18. The third kappa shape index (κ3) is 2.57. The molecule has 0 aliphatic heterocycles. The minimum atomic E-state index is -4.14. The van der Waals surface area contributed by atoms with Crippen molar-refractivity contribution in [3.8, 4) is 0 Å². The van der Waals surface area contributed by atoms with Gasteiger partial charge in [0, 0.05) is 12.7 Å². The number of hydrogen-bond acceptors (Lipinski definition) is 4. The van der Waals surface area contributed by atoms with Crippen LogP contribution in [0, 0.1) is 11.6 Å². The number of rotatable bonds is 4. The molecule has 0 saturated heterocycles. The Bertz CT molecular complexity index is 743. The molecule has 1 aromatic carbocycles. The highest BCUT2D eigenvalue weighted by molar-refractivity contribution is 7.92. The zero-order valence-electron chi connectivity index (χ0n) is 10.5. The highest BCUT2D eigenvalue weighted by Crippen LogP contribution is 2.23. The average molecular weight is 302 g/mol. The highest BCUT2D eigenvalue weighted by Gasteiger charge is 2.23. The van der Waals surface area contributed by atoms with E-state index in [1.165, 1.54) is 16.9 Å². The molecule has 2 rings (SSSR count). The van der Waals surface area contributed by atoms with Crippen LogP contribution in [-0.2, 0) is 16.6 Å². The largest absolute Gasteiger partial charge is 0.381 e. The van der Waals surface area contributed by atoms with Crippen LogP contribution in [0.25, 0.3) is 0 Å². The van der Waals surface area contributed by atoms with E-state index in [0.29, 0.717) is 6.54 Å². The number of nitrogens with one attached hydrogen (secondary N) is 1. The fourth-order valence-electron chi connectivity index (χ4n) is 1.57. The lowest BCUT2D eigenvalue weighted by molar-refractivity contribution is 0.511. The van der Waals surface area contributed by atoms with Gasteiger partial charge in [0.15, 0.2) is 17.5 Å². The zero-order valence-corrected chi connectivity index (χ0v) is 11.3. The number of anilines is 2. The van der Waals surface area contributed by atoms with E-state index in [4.69, 9.17) is 5.73 Å². The van der Waals surface area contributed by atoms with Gasteiger partial charge in [-0.2, -0.15) is 5.10 Å². The van der Waals surface area contributed by atoms with Crippen LogP contribution < -0.4 is 10.5 Å². The first-order valence-corrected chi connectivity index (χ1v) is 7.13. The Balaban J connectivity index is 2.40. The topological polar surface area (TPSA) is 90.0 Å². The molecule has 108 valence electrons. The summed E-state index contributed by atoms with van der Waals surface area (Å²) in [4.78, 5) is -0.289. The maximum atomic E-state index is 13.5. The van der Waals surface area contributed by atoms with Crippen molar-refractivity contribution in [2.75, 3.05) is 10.5 Å². The van der Waals surface area contributed by atoms with Gasteiger partial charge in [-0.3, -0.25) is 9.40 Å². The number of aromatic nitrogens is 2. The van der Waals surface area contributed by atoms with Gasteiger partial charge in [-0.15, -0.1) is 0 Å². The average Bonchev–Trinajstić information content (AvgIpc) is 2.77. The Morgan fingerprint density at radius 3 is 2.70 bits per heavy atom. The van der Waals surface area contributed by atoms with Gasteiger partial charge >= 0.3 is 0 Å². The van der Waals surface area contributed by atoms with Crippen LogP contribution in [0.3, 0.4) is 0 Å². The van der Waals surface area contributed by atoms with Gasteiger partial charge in [0.1, 0.15) is 4.90 Å². The van der Waals surface area contributed by atoms with Gasteiger partial charge in [-0.25, -0.2) is 17.2 Å². The first-order valence-electron chi connectivity index (χ1n) is 5.65. The Labute approximate surface area is 114 Å². The molecule has 0 atom stereocenters. The lowest BCUT2D eigenvalue weighted by Crippen LogP contribution is -2.15. The smallest absolute Gasteiger partial charge is 0.267 e. The summed E-state index contributed by atoms with van der Waals surface area (Å²) in [7, 11) is -4.14. The van der Waals surface area contributed by atoms with Gasteiger partial charge in [0.25, 0.3) is 10.0 Å². The third-order valence-electron chi connectivity index (χ3n) is 2.56. The molecular weight excluding hydrogens is 290 g/mol. The fraction of sp³-hybridized carbons (Fsp3) is 0.182. The van der Waals surface area contributed by atoms with E-state index < -0.39 is 27.3 Å². The number of nitrogens with zero attached hydrogens (tertiary/aromatic N) is 2. The lowest BCUT2D eigenvalue weighted by atomic mass is 10.3. The van der Waals surface area contributed by atoms with E-state index in [-0.39, 0.29) is 10.7 Å². The maximum absolute atomic E-state index is 13.5. The number of sulfonamides is 1. The molecule has 0 spiro atoms. The number of hydrogen-bond donors (Lipinski definition) is 2.